The first-order chi connectivity index (χ1) is 8.20. The standard InChI is InChI=1S/C11H14BrN3OS/c1-2-3-15-11(13-7-14-15)5-9(16)10-4-8(12)6-17-10/h4,6-7,9,16H,2-3,5H2,1H3. The third-order valence-corrected chi connectivity index (χ3v) is 4.22. The quantitative estimate of drug-likeness (QED) is 0.923. The van der Waals surface area contributed by atoms with E-state index in [0.717, 1.165) is 28.1 Å². The summed E-state index contributed by atoms with van der Waals surface area (Å²) in [6, 6.07) is 1.94. The summed E-state index contributed by atoms with van der Waals surface area (Å²) < 4.78 is 2.86. The summed E-state index contributed by atoms with van der Waals surface area (Å²) in [7, 11) is 0. The van der Waals surface area contributed by atoms with Crippen LogP contribution in [0.1, 0.15) is 30.2 Å². The van der Waals surface area contributed by atoms with Crippen molar-refractivity contribution in [3.63, 3.8) is 0 Å². The fourth-order valence-electron chi connectivity index (χ4n) is 1.62. The van der Waals surface area contributed by atoms with Crippen molar-refractivity contribution in [3.8, 4) is 0 Å². The van der Waals surface area contributed by atoms with Gasteiger partial charge in [-0.15, -0.1) is 11.3 Å². The number of hydrogen-bond donors (Lipinski definition) is 1. The average Bonchev–Trinajstić information content (AvgIpc) is 2.89. The lowest BCUT2D eigenvalue weighted by Crippen LogP contribution is -2.09. The Labute approximate surface area is 112 Å². The molecule has 0 saturated heterocycles. The Morgan fingerprint density at radius 2 is 2.41 bits per heavy atom. The Morgan fingerprint density at radius 1 is 1.59 bits per heavy atom. The second-order valence-corrected chi connectivity index (χ2v) is 5.65. The molecule has 0 bridgehead atoms. The van der Waals surface area contributed by atoms with Crippen LogP contribution in [0.25, 0.3) is 0 Å². The van der Waals surface area contributed by atoms with E-state index in [1.54, 1.807) is 17.7 Å². The highest BCUT2D eigenvalue weighted by atomic mass is 79.9. The molecule has 0 aliphatic carbocycles. The average molecular weight is 316 g/mol. The highest BCUT2D eigenvalue weighted by Crippen LogP contribution is 2.27. The first-order valence-electron chi connectivity index (χ1n) is 5.49. The van der Waals surface area contributed by atoms with Crippen molar-refractivity contribution in [2.75, 3.05) is 0 Å². The summed E-state index contributed by atoms with van der Waals surface area (Å²) in [5.74, 6) is 0.837. The highest BCUT2D eigenvalue weighted by Gasteiger charge is 2.14. The number of rotatable bonds is 5. The number of aryl methyl sites for hydroxylation is 1. The fraction of sp³-hybridized carbons (Fsp3) is 0.455. The molecule has 2 aromatic rings. The van der Waals surface area contributed by atoms with Gasteiger partial charge in [-0.2, -0.15) is 5.10 Å². The number of nitrogens with zero attached hydrogens (tertiary/aromatic N) is 3. The normalized spacial score (nSPS) is 12.9. The predicted octanol–water partition coefficient (Wildman–Crippen LogP) is 2.79. The van der Waals surface area contributed by atoms with Gasteiger partial charge in [-0.3, -0.25) is 4.68 Å². The van der Waals surface area contributed by atoms with Gasteiger partial charge in [0.2, 0.25) is 0 Å². The first-order valence-corrected chi connectivity index (χ1v) is 7.16. The van der Waals surface area contributed by atoms with Crippen molar-refractivity contribution in [2.24, 2.45) is 0 Å². The van der Waals surface area contributed by atoms with E-state index in [1.807, 2.05) is 16.1 Å². The van der Waals surface area contributed by atoms with E-state index in [0.29, 0.717) is 6.42 Å². The summed E-state index contributed by atoms with van der Waals surface area (Å²) in [6.07, 6.45) is 2.55. The van der Waals surface area contributed by atoms with Gasteiger partial charge in [0, 0.05) is 27.7 Å². The molecule has 4 nitrogen and oxygen atoms in total. The van der Waals surface area contributed by atoms with E-state index in [9.17, 15) is 5.11 Å². The molecule has 0 aromatic carbocycles. The molecule has 0 amide bonds. The molecule has 2 aromatic heterocycles. The maximum Gasteiger partial charge on any atom is 0.138 e. The van der Waals surface area contributed by atoms with Gasteiger partial charge in [-0.25, -0.2) is 4.98 Å². The lowest BCUT2D eigenvalue weighted by atomic mass is 10.2. The molecule has 0 spiro atoms. The summed E-state index contributed by atoms with van der Waals surface area (Å²) in [5, 5.41) is 16.2. The molecule has 0 fully saturated rings. The van der Waals surface area contributed by atoms with E-state index in [4.69, 9.17) is 0 Å². The van der Waals surface area contributed by atoms with E-state index in [-0.39, 0.29) is 0 Å². The topological polar surface area (TPSA) is 50.9 Å². The van der Waals surface area contributed by atoms with Crippen LogP contribution in [0, 0.1) is 0 Å². The van der Waals surface area contributed by atoms with Gasteiger partial charge in [0.1, 0.15) is 12.2 Å². The highest BCUT2D eigenvalue weighted by molar-refractivity contribution is 9.10. The van der Waals surface area contributed by atoms with Crippen LogP contribution in [0.4, 0.5) is 0 Å². The predicted molar refractivity (Wildman–Crippen MR) is 71.0 cm³/mol. The molecule has 1 unspecified atom stereocenters. The van der Waals surface area contributed by atoms with E-state index >= 15 is 0 Å². The Hall–Kier alpha value is -0.720. The molecule has 2 heterocycles. The zero-order valence-corrected chi connectivity index (χ0v) is 11.9. The van der Waals surface area contributed by atoms with Gasteiger partial charge < -0.3 is 5.11 Å². The Bertz CT molecular complexity index is 483. The molecule has 0 saturated carbocycles. The van der Waals surface area contributed by atoms with Gasteiger partial charge >= 0.3 is 0 Å². The van der Waals surface area contributed by atoms with Crippen LogP contribution in [0.2, 0.25) is 0 Å². The molecule has 1 atom stereocenters. The van der Waals surface area contributed by atoms with Crippen molar-refractivity contribution in [2.45, 2.75) is 32.4 Å². The zero-order valence-electron chi connectivity index (χ0n) is 9.51. The largest absolute Gasteiger partial charge is 0.387 e. The summed E-state index contributed by atoms with van der Waals surface area (Å²) in [5.41, 5.74) is 0. The summed E-state index contributed by atoms with van der Waals surface area (Å²) >= 11 is 4.93. The van der Waals surface area contributed by atoms with Crippen LogP contribution < -0.4 is 0 Å². The Kier molecular flexibility index (Phi) is 4.31. The summed E-state index contributed by atoms with van der Waals surface area (Å²) in [4.78, 5) is 5.14. The number of hydrogen-bond acceptors (Lipinski definition) is 4. The second kappa shape index (κ2) is 5.75. The van der Waals surface area contributed by atoms with E-state index in [1.165, 1.54) is 0 Å². The molecule has 6 heteroatoms. The monoisotopic (exact) mass is 315 g/mol. The minimum Gasteiger partial charge on any atom is -0.387 e. The van der Waals surface area contributed by atoms with Gasteiger partial charge in [-0.05, 0) is 28.4 Å². The van der Waals surface area contributed by atoms with Crippen LogP contribution in [0.15, 0.2) is 22.2 Å². The number of aliphatic hydroxyl groups excluding tert-OH is 1. The zero-order chi connectivity index (χ0) is 12.3. The number of aliphatic hydroxyl groups is 1. The minimum atomic E-state index is -0.508. The molecule has 0 radical (unpaired) electrons. The van der Waals surface area contributed by atoms with Crippen LogP contribution >= 0.6 is 27.3 Å². The summed E-state index contributed by atoms with van der Waals surface area (Å²) in [6.45, 7) is 2.94. The molecule has 92 valence electrons. The second-order valence-electron chi connectivity index (χ2n) is 3.79. The van der Waals surface area contributed by atoms with Crippen LogP contribution in [-0.2, 0) is 13.0 Å². The molecule has 17 heavy (non-hydrogen) atoms. The van der Waals surface area contributed by atoms with Gasteiger partial charge in [-0.1, -0.05) is 6.92 Å². The van der Waals surface area contributed by atoms with Gasteiger partial charge in [0.05, 0.1) is 6.10 Å². The third-order valence-electron chi connectivity index (χ3n) is 2.42. The maximum absolute atomic E-state index is 10.1. The molecule has 0 aliphatic rings. The van der Waals surface area contributed by atoms with Crippen molar-refractivity contribution < 1.29 is 5.11 Å². The van der Waals surface area contributed by atoms with Crippen LogP contribution in [-0.4, -0.2) is 19.9 Å². The van der Waals surface area contributed by atoms with E-state index in [2.05, 4.69) is 32.9 Å². The van der Waals surface area contributed by atoms with Gasteiger partial charge in [0.15, 0.2) is 0 Å². The molecular weight excluding hydrogens is 302 g/mol. The SMILES string of the molecule is CCCn1ncnc1CC(O)c1cc(Br)cs1. The number of aromatic nitrogens is 3. The van der Waals surface area contributed by atoms with Crippen LogP contribution in [0.5, 0.6) is 0 Å². The first kappa shape index (κ1) is 12.7. The molecule has 1 N–H and O–H groups in total. The molecular formula is C11H14BrN3OS. The van der Waals surface area contributed by atoms with Crippen LogP contribution in [0.3, 0.4) is 0 Å². The number of halogens is 1. The van der Waals surface area contributed by atoms with Crippen molar-refractivity contribution >= 4 is 27.3 Å². The smallest absolute Gasteiger partial charge is 0.138 e. The molecule has 2 rings (SSSR count). The lowest BCUT2D eigenvalue weighted by molar-refractivity contribution is 0.177. The number of thiophene rings is 1. The van der Waals surface area contributed by atoms with Gasteiger partial charge in [0.25, 0.3) is 0 Å². The van der Waals surface area contributed by atoms with Crippen molar-refractivity contribution in [3.05, 3.63) is 32.9 Å². The third kappa shape index (κ3) is 3.14. The molecule has 0 aliphatic heterocycles. The Morgan fingerprint density at radius 3 is 3.06 bits per heavy atom. The van der Waals surface area contributed by atoms with E-state index < -0.39 is 6.10 Å². The maximum atomic E-state index is 10.1. The minimum absolute atomic E-state index is 0.507. The fourth-order valence-corrected chi connectivity index (χ4v) is 3.05. The lowest BCUT2D eigenvalue weighted by Gasteiger charge is -2.09. The van der Waals surface area contributed by atoms with Crippen molar-refractivity contribution in [1.29, 1.82) is 0 Å². The Balaban J connectivity index is 2.07. The van der Waals surface area contributed by atoms with Crippen molar-refractivity contribution in [1.82, 2.24) is 14.8 Å².